The number of nitrogens with one attached hydrogen (secondary N) is 1. The molecule has 7 heteroatoms. The number of aromatic nitrogens is 1. The third kappa shape index (κ3) is 5.15. The van der Waals surface area contributed by atoms with Crippen LogP contribution >= 0.6 is 0 Å². The van der Waals surface area contributed by atoms with E-state index in [4.69, 9.17) is 4.74 Å². The van der Waals surface area contributed by atoms with Gasteiger partial charge in [0.1, 0.15) is 11.6 Å². The second-order valence-electron chi connectivity index (χ2n) is 6.61. The lowest BCUT2D eigenvalue weighted by atomic mass is 10.0. The van der Waals surface area contributed by atoms with Crippen LogP contribution in [-0.2, 0) is 16.6 Å². The van der Waals surface area contributed by atoms with Gasteiger partial charge >= 0.3 is 0 Å². The topological polar surface area (TPSA) is 68.3 Å². The van der Waals surface area contributed by atoms with Crippen molar-refractivity contribution in [3.63, 3.8) is 0 Å². The van der Waals surface area contributed by atoms with Crippen molar-refractivity contribution in [3.8, 4) is 11.6 Å². The fraction of sp³-hybridized carbons (Fsp3) is 0.190. The number of benzene rings is 2. The molecule has 0 unspecified atom stereocenters. The van der Waals surface area contributed by atoms with Gasteiger partial charge in [-0.1, -0.05) is 38.1 Å². The third-order valence-electron chi connectivity index (χ3n) is 4.14. The van der Waals surface area contributed by atoms with E-state index in [0.717, 1.165) is 5.56 Å². The van der Waals surface area contributed by atoms with Gasteiger partial charge in [-0.05, 0) is 41.3 Å². The van der Waals surface area contributed by atoms with Crippen LogP contribution in [0.1, 0.15) is 30.9 Å². The molecule has 0 amide bonds. The summed E-state index contributed by atoms with van der Waals surface area (Å²) in [4.78, 5) is 4.35. The van der Waals surface area contributed by atoms with E-state index in [0.29, 0.717) is 23.1 Å². The van der Waals surface area contributed by atoms with Gasteiger partial charge in [-0.15, -0.1) is 0 Å². The highest BCUT2D eigenvalue weighted by molar-refractivity contribution is 7.89. The normalized spacial score (nSPS) is 11.6. The molecule has 3 rings (SSSR count). The van der Waals surface area contributed by atoms with Crippen molar-refractivity contribution in [1.82, 2.24) is 9.71 Å². The Morgan fingerprint density at radius 3 is 2.43 bits per heavy atom. The molecule has 0 fully saturated rings. The molecule has 0 saturated carbocycles. The summed E-state index contributed by atoms with van der Waals surface area (Å²) < 4.78 is 46.1. The summed E-state index contributed by atoms with van der Waals surface area (Å²) in [6, 6.07) is 15.9. The Morgan fingerprint density at radius 2 is 1.82 bits per heavy atom. The Morgan fingerprint density at radius 1 is 1.07 bits per heavy atom. The standard InChI is InChI=1S/C21H21FN2O3S/c1-15(2)17-7-9-20(10-8-17)28(25,26)24-14-16-6-11-21(23-13-16)27-19-5-3-4-18(22)12-19/h3-13,15,24H,14H2,1-2H3. The molecule has 0 radical (unpaired) electrons. The van der Waals surface area contributed by atoms with Crippen LogP contribution < -0.4 is 9.46 Å². The first-order valence-electron chi connectivity index (χ1n) is 8.81. The zero-order chi connectivity index (χ0) is 20.1. The van der Waals surface area contributed by atoms with Crippen LogP contribution in [0.3, 0.4) is 0 Å². The molecule has 28 heavy (non-hydrogen) atoms. The van der Waals surface area contributed by atoms with Crippen LogP contribution in [0.15, 0.2) is 71.8 Å². The van der Waals surface area contributed by atoms with E-state index in [1.165, 1.54) is 18.3 Å². The molecular formula is C21H21FN2O3S. The van der Waals surface area contributed by atoms with Crippen molar-refractivity contribution >= 4 is 10.0 Å². The monoisotopic (exact) mass is 400 g/mol. The zero-order valence-electron chi connectivity index (χ0n) is 15.6. The average Bonchev–Trinajstić information content (AvgIpc) is 2.68. The van der Waals surface area contributed by atoms with Crippen LogP contribution in [0.5, 0.6) is 11.6 Å². The molecular weight excluding hydrogens is 379 g/mol. The molecule has 1 aromatic heterocycles. The van der Waals surface area contributed by atoms with Gasteiger partial charge in [0.05, 0.1) is 4.90 Å². The Kier molecular flexibility index (Phi) is 6.06. The van der Waals surface area contributed by atoms with Crippen molar-refractivity contribution in [3.05, 3.63) is 83.8 Å². The van der Waals surface area contributed by atoms with E-state index in [1.54, 1.807) is 36.4 Å². The number of hydrogen-bond acceptors (Lipinski definition) is 4. The van der Waals surface area contributed by atoms with E-state index >= 15 is 0 Å². The number of hydrogen-bond donors (Lipinski definition) is 1. The minimum Gasteiger partial charge on any atom is -0.439 e. The first-order valence-corrected chi connectivity index (χ1v) is 10.3. The summed E-state index contributed by atoms with van der Waals surface area (Å²) >= 11 is 0. The fourth-order valence-electron chi connectivity index (χ4n) is 2.52. The minimum atomic E-state index is -3.62. The second kappa shape index (κ2) is 8.50. The van der Waals surface area contributed by atoms with Gasteiger partial charge < -0.3 is 4.74 Å². The van der Waals surface area contributed by atoms with Gasteiger partial charge in [-0.25, -0.2) is 22.5 Å². The minimum absolute atomic E-state index is 0.0987. The number of nitrogens with zero attached hydrogens (tertiary/aromatic N) is 1. The number of pyridine rings is 1. The first-order chi connectivity index (χ1) is 13.3. The molecule has 0 saturated heterocycles. The number of halogens is 1. The SMILES string of the molecule is CC(C)c1ccc(S(=O)(=O)NCc2ccc(Oc3cccc(F)c3)nc2)cc1. The van der Waals surface area contributed by atoms with Gasteiger partial charge in [0.25, 0.3) is 0 Å². The average molecular weight is 400 g/mol. The van der Waals surface area contributed by atoms with Crippen molar-refractivity contribution in [2.75, 3.05) is 0 Å². The highest BCUT2D eigenvalue weighted by atomic mass is 32.2. The predicted octanol–water partition coefficient (Wildman–Crippen LogP) is 4.61. The van der Waals surface area contributed by atoms with E-state index in [2.05, 4.69) is 23.6 Å². The van der Waals surface area contributed by atoms with Crippen molar-refractivity contribution < 1.29 is 17.5 Å². The molecule has 0 spiro atoms. The van der Waals surface area contributed by atoms with Gasteiger partial charge in [-0.2, -0.15) is 0 Å². The van der Waals surface area contributed by atoms with Crippen molar-refractivity contribution in [2.45, 2.75) is 31.2 Å². The Balaban J connectivity index is 1.62. The van der Waals surface area contributed by atoms with Crippen molar-refractivity contribution in [1.29, 1.82) is 0 Å². The lowest BCUT2D eigenvalue weighted by Crippen LogP contribution is -2.23. The Bertz CT molecular complexity index is 1030. The third-order valence-corrected chi connectivity index (χ3v) is 5.56. The molecule has 5 nitrogen and oxygen atoms in total. The smallest absolute Gasteiger partial charge is 0.240 e. The molecule has 0 bridgehead atoms. The van der Waals surface area contributed by atoms with Crippen LogP contribution in [0, 0.1) is 5.82 Å². The molecule has 0 aliphatic heterocycles. The molecule has 0 aliphatic carbocycles. The maximum Gasteiger partial charge on any atom is 0.240 e. The van der Waals surface area contributed by atoms with E-state index in [9.17, 15) is 12.8 Å². The molecule has 1 heterocycles. The van der Waals surface area contributed by atoms with Crippen LogP contribution in [0.25, 0.3) is 0 Å². The Labute approximate surface area is 164 Å². The summed E-state index contributed by atoms with van der Waals surface area (Å²) in [6.45, 7) is 4.20. The van der Waals surface area contributed by atoms with Crippen LogP contribution in [0.2, 0.25) is 0 Å². The van der Waals surface area contributed by atoms with Crippen LogP contribution in [-0.4, -0.2) is 13.4 Å². The molecule has 146 valence electrons. The van der Waals surface area contributed by atoms with Crippen molar-refractivity contribution in [2.24, 2.45) is 0 Å². The number of rotatable bonds is 7. The quantitative estimate of drug-likeness (QED) is 0.629. The van der Waals surface area contributed by atoms with E-state index < -0.39 is 15.8 Å². The lowest BCUT2D eigenvalue weighted by molar-refractivity contribution is 0.457. The zero-order valence-corrected chi connectivity index (χ0v) is 16.4. The Hall–Kier alpha value is -2.77. The largest absolute Gasteiger partial charge is 0.439 e. The summed E-state index contributed by atoms with van der Waals surface area (Å²) in [5.41, 5.74) is 1.76. The fourth-order valence-corrected chi connectivity index (χ4v) is 3.54. The highest BCUT2D eigenvalue weighted by Crippen LogP contribution is 2.20. The second-order valence-corrected chi connectivity index (χ2v) is 8.38. The highest BCUT2D eigenvalue weighted by Gasteiger charge is 2.14. The molecule has 3 aromatic rings. The summed E-state index contributed by atoms with van der Waals surface area (Å²) in [5, 5.41) is 0. The number of ether oxygens (including phenoxy) is 1. The van der Waals surface area contributed by atoms with Gasteiger partial charge in [0, 0.05) is 24.9 Å². The summed E-state index contributed by atoms with van der Waals surface area (Å²) in [5.74, 6) is 0.570. The van der Waals surface area contributed by atoms with Crippen LogP contribution in [0.4, 0.5) is 4.39 Å². The molecule has 2 aromatic carbocycles. The molecule has 1 N–H and O–H groups in total. The van der Waals surface area contributed by atoms with E-state index in [1.807, 2.05) is 12.1 Å². The van der Waals surface area contributed by atoms with Gasteiger partial charge in [0.15, 0.2) is 0 Å². The predicted molar refractivity (Wildman–Crippen MR) is 105 cm³/mol. The lowest BCUT2D eigenvalue weighted by Gasteiger charge is -2.10. The summed E-state index contributed by atoms with van der Waals surface area (Å²) in [6.07, 6.45) is 1.51. The van der Waals surface area contributed by atoms with E-state index in [-0.39, 0.29) is 11.4 Å². The maximum absolute atomic E-state index is 13.2. The first kappa shape index (κ1) is 20.0. The molecule has 0 aliphatic rings. The number of sulfonamides is 1. The van der Waals surface area contributed by atoms with Gasteiger partial charge in [0.2, 0.25) is 15.9 Å². The van der Waals surface area contributed by atoms with Gasteiger partial charge in [-0.3, -0.25) is 0 Å². The molecule has 0 atom stereocenters. The summed E-state index contributed by atoms with van der Waals surface area (Å²) in [7, 11) is -3.62. The maximum atomic E-state index is 13.2.